The molecule has 2 aromatic rings. The summed E-state index contributed by atoms with van der Waals surface area (Å²) in [6, 6.07) is 0. The van der Waals surface area contributed by atoms with Gasteiger partial charge in [-0.1, -0.05) is 29.9 Å². The summed E-state index contributed by atoms with van der Waals surface area (Å²) in [7, 11) is 1.57. The van der Waals surface area contributed by atoms with Crippen molar-refractivity contribution in [3.05, 3.63) is 16.4 Å². The van der Waals surface area contributed by atoms with E-state index in [1.54, 1.807) is 7.11 Å². The van der Waals surface area contributed by atoms with Crippen LogP contribution in [0.2, 0.25) is 0 Å². The standard InChI is InChI=1S/C10H13N5O3S/c1-3-4-6-8(9(16)17)12-14-15(6)10-13-11-7(19-10)5-18-2/h3-5H2,1-2H3,(H,16,17). The summed E-state index contributed by atoms with van der Waals surface area (Å²) in [4.78, 5) is 11.1. The molecule has 0 radical (unpaired) electrons. The van der Waals surface area contributed by atoms with Crippen LogP contribution in [0.25, 0.3) is 5.13 Å². The van der Waals surface area contributed by atoms with Crippen molar-refractivity contribution in [2.75, 3.05) is 7.11 Å². The van der Waals surface area contributed by atoms with Crippen LogP contribution in [0, 0.1) is 0 Å². The number of hydrogen-bond acceptors (Lipinski definition) is 7. The molecule has 0 amide bonds. The second-order valence-corrected chi connectivity index (χ2v) is 4.80. The van der Waals surface area contributed by atoms with Crippen molar-refractivity contribution in [2.45, 2.75) is 26.4 Å². The van der Waals surface area contributed by atoms with Gasteiger partial charge in [0.2, 0.25) is 5.13 Å². The van der Waals surface area contributed by atoms with Crippen LogP contribution in [-0.4, -0.2) is 43.4 Å². The number of hydrogen-bond donors (Lipinski definition) is 1. The molecule has 102 valence electrons. The Kier molecular flexibility index (Phi) is 4.17. The van der Waals surface area contributed by atoms with E-state index >= 15 is 0 Å². The van der Waals surface area contributed by atoms with Crippen molar-refractivity contribution in [1.82, 2.24) is 25.2 Å². The minimum absolute atomic E-state index is 0.0367. The average Bonchev–Trinajstić information content (AvgIpc) is 2.96. The van der Waals surface area contributed by atoms with Gasteiger partial charge < -0.3 is 9.84 Å². The topological polar surface area (TPSA) is 103 Å². The smallest absolute Gasteiger partial charge is 0.358 e. The molecule has 8 nitrogen and oxygen atoms in total. The highest BCUT2D eigenvalue weighted by Crippen LogP contribution is 2.19. The average molecular weight is 283 g/mol. The molecule has 0 aliphatic carbocycles. The van der Waals surface area contributed by atoms with Crippen molar-refractivity contribution in [3.8, 4) is 5.13 Å². The zero-order chi connectivity index (χ0) is 13.8. The fraction of sp³-hybridized carbons (Fsp3) is 0.500. The maximum Gasteiger partial charge on any atom is 0.358 e. The molecule has 2 aromatic heterocycles. The van der Waals surface area contributed by atoms with Gasteiger partial charge in [0.1, 0.15) is 11.6 Å². The molecular weight excluding hydrogens is 270 g/mol. The van der Waals surface area contributed by atoms with E-state index in [-0.39, 0.29) is 5.69 Å². The Morgan fingerprint density at radius 3 is 2.84 bits per heavy atom. The third-order valence-electron chi connectivity index (χ3n) is 2.36. The van der Waals surface area contributed by atoms with Gasteiger partial charge in [-0.25, -0.2) is 4.79 Å². The lowest BCUT2D eigenvalue weighted by Gasteiger charge is -2.00. The summed E-state index contributed by atoms with van der Waals surface area (Å²) in [5.74, 6) is -1.09. The second-order valence-electron chi connectivity index (χ2n) is 3.76. The monoisotopic (exact) mass is 283 g/mol. The zero-order valence-corrected chi connectivity index (χ0v) is 11.3. The number of aromatic nitrogens is 5. The molecule has 9 heteroatoms. The van der Waals surface area contributed by atoms with Crippen molar-refractivity contribution < 1.29 is 14.6 Å². The number of methoxy groups -OCH3 is 1. The molecule has 0 unspecified atom stereocenters. The second kappa shape index (κ2) is 5.85. The van der Waals surface area contributed by atoms with Gasteiger partial charge in [-0.15, -0.1) is 15.3 Å². The highest BCUT2D eigenvalue weighted by atomic mass is 32.1. The Morgan fingerprint density at radius 1 is 1.42 bits per heavy atom. The van der Waals surface area contributed by atoms with Crippen LogP contribution >= 0.6 is 11.3 Å². The van der Waals surface area contributed by atoms with Gasteiger partial charge in [0, 0.05) is 7.11 Å². The maximum atomic E-state index is 11.1. The molecule has 0 atom stereocenters. The first-order chi connectivity index (χ1) is 9.17. The fourth-order valence-corrected chi connectivity index (χ4v) is 2.38. The van der Waals surface area contributed by atoms with Crippen molar-refractivity contribution in [3.63, 3.8) is 0 Å². The van der Waals surface area contributed by atoms with Gasteiger partial charge in [-0.2, -0.15) is 4.68 Å². The first-order valence-corrected chi connectivity index (χ1v) is 6.48. The minimum atomic E-state index is -1.09. The molecule has 0 aliphatic heterocycles. The van der Waals surface area contributed by atoms with Crippen molar-refractivity contribution in [2.24, 2.45) is 0 Å². The van der Waals surface area contributed by atoms with Gasteiger partial charge >= 0.3 is 5.97 Å². The first kappa shape index (κ1) is 13.6. The van der Waals surface area contributed by atoms with Crippen LogP contribution in [0.15, 0.2) is 0 Å². The van der Waals surface area contributed by atoms with Gasteiger partial charge in [0.25, 0.3) is 0 Å². The maximum absolute atomic E-state index is 11.1. The van der Waals surface area contributed by atoms with E-state index < -0.39 is 5.97 Å². The largest absolute Gasteiger partial charge is 0.476 e. The van der Waals surface area contributed by atoms with E-state index in [9.17, 15) is 4.79 Å². The molecule has 0 aliphatic rings. The van der Waals surface area contributed by atoms with Crippen molar-refractivity contribution >= 4 is 17.3 Å². The number of carboxylic acids is 1. The van der Waals surface area contributed by atoms with E-state index in [1.807, 2.05) is 6.92 Å². The number of rotatable bonds is 6. The zero-order valence-electron chi connectivity index (χ0n) is 10.5. The van der Waals surface area contributed by atoms with E-state index in [1.165, 1.54) is 16.0 Å². The van der Waals surface area contributed by atoms with Gasteiger partial charge in [-0.3, -0.25) is 0 Å². The van der Waals surface area contributed by atoms with Crippen LogP contribution in [-0.2, 0) is 17.8 Å². The van der Waals surface area contributed by atoms with Crippen LogP contribution in [0.5, 0.6) is 0 Å². The highest BCUT2D eigenvalue weighted by molar-refractivity contribution is 7.13. The number of carboxylic acid groups (broad SMARTS) is 1. The summed E-state index contributed by atoms with van der Waals surface area (Å²) in [6.45, 7) is 2.32. The predicted molar refractivity (Wildman–Crippen MR) is 66.5 cm³/mol. The fourth-order valence-electron chi connectivity index (χ4n) is 1.59. The Balaban J connectivity index is 2.39. The molecule has 1 N–H and O–H groups in total. The van der Waals surface area contributed by atoms with Gasteiger partial charge in [0.05, 0.1) is 5.69 Å². The molecule has 0 bridgehead atoms. The number of nitrogens with zero attached hydrogens (tertiary/aromatic N) is 5. The summed E-state index contributed by atoms with van der Waals surface area (Å²) in [6.07, 6.45) is 1.35. The Labute approximate surface area is 113 Å². The molecular formula is C10H13N5O3S. The molecule has 0 saturated heterocycles. The van der Waals surface area contributed by atoms with Gasteiger partial charge in [0.15, 0.2) is 5.69 Å². The lowest BCUT2D eigenvalue weighted by molar-refractivity contribution is 0.0689. The number of ether oxygens (including phenoxy) is 1. The molecule has 0 fully saturated rings. The SMILES string of the molecule is CCCc1c(C(=O)O)nnn1-c1nnc(COC)s1. The summed E-state index contributed by atoms with van der Waals surface area (Å²) in [5, 5.41) is 25.7. The van der Waals surface area contributed by atoms with E-state index in [0.29, 0.717) is 28.9 Å². The van der Waals surface area contributed by atoms with Crippen LogP contribution in [0.1, 0.15) is 34.5 Å². The minimum Gasteiger partial charge on any atom is -0.476 e. The predicted octanol–water partition coefficient (Wildman–Crippen LogP) is 0.916. The Bertz CT molecular complexity index is 579. The molecule has 0 aromatic carbocycles. The van der Waals surface area contributed by atoms with E-state index in [2.05, 4.69) is 20.5 Å². The normalized spacial score (nSPS) is 10.8. The number of aromatic carboxylic acids is 1. The Morgan fingerprint density at radius 2 is 2.21 bits per heavy atom. The van der Waals surface area contributed by atoms with Crippen LogP contribution in [0.4, 0.5) is 0 Å². The highest BCUT2D eigenvalue weighted by Gasteiger charge is 2.21. The molecule has 19 heavy (non-hydrogen) atoms. The quantitative estimate of drug-likeness (QED) is 0.840. The molecule has 2 rings (SSSR count). The van der Waals surface area contributed by atoms with Crippen LogP contribution in [0.3, 0.4) is 0 Å². The van der Waals surface area contributed by atoms with E-state index in [0.717, 1.165) is 6.42 Å². The lowest BCUT2D eigenvalue weighted by Crippen LogP contribution is -2.06. The summed E-state index contributed by atoms with van der Waals surface area (Å²) in [5.41, 5.74) is 0.500. The van der Waals surface area contributed by atoms with Gasteiger partial charge in [-0.05, 0) is 6.42 Å². The lowest BCUT2D eigenvalue weighted by atomic mass is 10.2. The van der Waals surface area contributed by atoms with Crippen molar-refractivity contribution in [1.29, 1.82) is 0 Å². The third kappa shape index (κ3) is 2.76. The first-order valence-electron chi connectivity index (χ1n) is 5.67. The number of carbonyl (C=O) groups is 1. The Hall–Kier alpha value is -1.87. The molecule has 0 saturated carbocycles. The summed E-state index contributed by atoms with van der Waals surface area (Å²) < 4.78 is 6.40. The third-order valence-corrected chi connectivity index (χ3v) is 3.23. The van der Waals surface area contributed by atoms with E-state index in [4.69, 9.17) is 9.84 Å². The van der Waals surface area contributed by atoms with Crippen LogP contribution < -0.4 is 0 Å². The molecule has 2 heterocycles. The molecule has 0 spiro atoms. The summed E-state index contributed by atoms with van der Waals surface area (Å²) >= 11 is 1.30.